The zero-order valence-corrected chi connectivity index (χ0v) is 23.7. The molecule has 122 valence electrons. The molecule has 0 aliphatic heterocycles. The van der Waals surface area contributed by atoms with Gasteiger partial charge in [0.2, 0.25) is 0 Å². The van der Waals surface area contributed by atoms with Crippen LogP contribution in [0.5, 0.6) is 0 Å². The van der Waals surface area contributed by atoms with E-state index < -0.39 is 51.7 Å². The Morgan fingerprint density at radius 1 is 0.571 bits per heavy atom. The van der Waals surface area contributed by atoms with Gasteiger partial charge in [0, 0.05) is 27.8 Å². The van der Waals surface area contributed by atoms with Crippen molar-refractivity contribution in [2.24, 2.45) is 0 Å². The van der Waals surface area contributed by atoms with Crippen LogP contribution in [0.4, 0.5) is 0 Å². The molecule has 0 saturated carbocycles. The summed E-state index contributed by atoms with van der Waals surface area (Å²) in [5.74, 6) is -8.20. The van der Waals surface area contributed by atoms with Gasteiger partial charge >= 0.3 is 118 Å². The number of carboxylic acids is 4. The molecule has 0 unspecified atom stereocenters. The van der Waals surface area contributed by atoms with E-state index in [4.69, 9.17) is 0 Å². The molecule has 2 rings (SSSR count). The summed E-state index contributed by atoms with van der Waals surface area (Å²) in [7, 11) is 0. The number of aromatic carboxylic acids is 4. The standard InChI is InChI=1S/C16H10O8.4Na/c17-13(18)8-6-9(14(19)20)11(15(21)22)12(16(23)24)10(8)7-4-2-1-3-5-7;;;;/h1-6H,(H,17,18)(H,19,20)(H,21,22)(H,23,24);;;;/q;4*+1/p-4. The van der Waals surface area contributed by atoms with Crippen molar-refractivity contribution in [3.63, 3.8) is 0 Å². The Morgan fingerprint density at radius 2 is 1.00 bits per heavy atom. The maximum Gasteiger partial charge on any atom is 1.00 e. The molecule has 0 N–H and O–H groups in total. The third kappa shape index (κ3) is 7.23. The van der Waals surface area contributed by atoms with Crippen LogP contribution in [0.25, 0.3) is 11.1 Å². The van der Waals surface area contributed by atoms with E-state index in [1.165, 1.54) is 24.3 Å². The van der Waals surface area contributed by atoms with E-state index in [0.29, 0.717) is 6.07 Å². The molecule has 0 fully saturated rings. The van der Waals surface area contributed by atoms with Crippen LogP contribution in [0, 0.1) is 0 Å². The van der Waals surface area contributed by atoms with Crippen molar-refractivity contribution in [3.05, 3.63) is 58.7 Å². The number of benzene rings is 2. The molecule has 0 atom stereocenters. The minimum atomic E-state index is -2.13. The van der Waals surface area contributed by atoms with Gasteiger partial charge in [0.25, 0.3) is 0 Å². The number of carbonyl (C=O) groups excluding carboxylic acids is 4. The molecule has 0 aromatic heterocycles. The van der Waals surface area contributed by atoms with Crippen LogP contribution < -0.4 is 139 Å². The third-order valence-corrected chi connectivity index (χ3v) is 3.24. The first-order valence-electron chi connectivity index (χ1n) is 6.37. The predicted octanol–water partition coefficient (Wildman–Crippen LogP) is -15.2. The van der Waals surface area contributed by atoms with Crippen LogP contribution in [0.2, 0.25) is 0 Å². The van der Waals surface area contributed by atoms with E-state index in [1.807, 2.05) is 0 Å². The van der Waals surface area contributed by atoms with E-state index in [1.54, 1.807) is 6.07 Å². The molecule has 28 heavy (non-hydrogen) atoms. The van der Waals surface area contributed by atoms with Crippen molar-refractivity contribution in [2.75, 3.05) is 0 Å². The predicted molar refractivity (Wildman–Crippen MR) is 69.2 cm³/mol. The van der Waals surface area contributed by atoms with Gasteiger partial charge in [0.05, 0.1) is 23.9 Å². The van der Waals surface area contributed by atoms with E-state index in [2.05, 4.69) is 0 Å². The zero-order chi connectivity index (χ0) is 18.0. The quantitative estimate of drug-likeness (QED) is 0.433. The van der Waals surface area contributed by atoms with E-state index >= 15 is 0 Å². The van der Waals surface area contributed by atoms with Crippen LogP contribution in [-0.2, 0) is 0 Å². The fourth-order valence-electron chi connectivity index (χ4n) is 2.33. The second-order valence-corrected chi connectivity index (χ2v) is 4.61. The number of hydrogen-bond donors (Lipinski definition) is 0. The van der Waals surface area contributed by atoms with E-state index in [-0.39, 0.29) is 124 Å². The van der Waals surface area contributed by atoms with Gasteiger partial charge < -0.3 is 39.6 Å². The molecule has 12 heteroatoms. The number of carbonyl (C=O) groups is 4. The second-order valence-electron chi connectivity index (χ2n) is 4.61. The van der Waals surface area contributed by atoms with Gasteiger partial charge in [-0.1, -0.05) is 30.3 Å². The summed E-state index contributed by atoms with van der Waals surface area (Å²) in [6.45, 7) is 0. The first-order chi connectivity index (χ1) is 11.3. The third-order valence-electron chi connectivity index (χ3n) is 3.24. The molecule has 0 amide bonds. The number of hydrogen-bond acceptors (Lipinski definition) is 8. The van der Waals surface area contributed by atoms with Gasteiger partial charge in [-0.2, -0.15) is 0 Å². The normalized spacial score (nSPS) is 8.71. The summed E-state index contributed by atoms with van der Waals surface area (Å²) in [6, 6.07) is 7.52. The Balaban J connectivity index is -0.00000156. The average Bonchev–Trinajstić information content (AvgIpc) is 2.53. The Morgan fingerprint density at radius 3 is 1.36 bits per heavy atom. The molecular formula is C16H6Na4O8. The molecule has 2 aromatic rings. The Kier molecular flexibility index (Phi) is 16.9. The fraction of sp³-hybridized carbons (Fsp3) is 0. The Labute approximate surface area is 247 Å². The monoisotopic (exact) mass is 418 g/mol. The maximum absolute atomic E-state index is 11.4. The van der Waals surface area contributed by atoms with Crippen LogP contribution in [0.3, 0.4) is 0 Å². The molecule has 0 heterocycles. The fourth-order valence-corrected chi connectivity index (χ4v) is 2.33. The molecule has 8 nitrogen and oxygen atoms in total. The molecule has 2 aromatic carbocycles. The Bertz CT molecular complexity index is 884. The van der Waals surface area contributed by atoms with Crippen molar-refractivity contribution >= 4 is 23.9 Å². The second kappa shape index (κ2) is 14.3. The molecule has 0 bridgehead atoms. The molecule has 0 spiro atoms. The van der Waals surface area contributed by atoms with Crippen molar-refractivity contribution in [1.29, 1.82) is 0 Å². The van der Waals surface area contributed by atoms with E-state index in [9.17, 15) is 39.6 Å². The molecule has 0 radical (unpaired) electrons. The first-order valence-corrected chi connectivity index (χ1v) is 6.37. The minimum absolute atomic E-state index is 0. The largest absolute Gasteiger partial charge is 1.00 e. The summed E-state index contributed by atoms with van der Waals surface area (Å²) in [5, 5.41) is 45.1. The smallest absolute Gasteiger partial charge is 0.545 e. The van der Waals surface area contributed by atoms with Crippen molar-refractivity contribution in [3.8, 4) is 11.1 Å². The van der Waals surface area contributed by atoms with Crippen molar-refractivity contribution in [2.45, 2.75) is 0 Å². The summed E-state index contributed by atoms with van der Waals surface area (Å²) >= 11 is 0. The van der Waals surface area contributed by atoms with Gasteiger partial charge in [0.15, 0.2) is 0 Å². The first kappa shape index (κ1) is 33.0. The van der Waals surface area contributed by atoms with Crippen molar-refractivity contribution in [1.82, 2.24) is 0 Å². The molecule has 0 saturated heterocycles. The molecular weight excluding hydrogens is 412 g/mol. The molecule has 0 aliphatic rings. The van der Waals surface area contributed by atoms with Gasteiger partial charge in [-0.15, -0.1) is 0 Å². The van der Waals surface area contributed by atoms with Crippen LogP contribution >= 0.6 is 0 Å². The topological polar surface area (TPSA) is 161 Å². The SMILES string of the molecule is O=C([O-])c1cc(C(=O)[O-])c(-c2ccccc2)c(C(=O)[O-])c1C(=O)[O-].[Na+].[Na+].[Na+].[Na+]. The van der Waals surface area contributed by atoms with E-state index in [0.717, 1.165) is 0 Å². The van der Waals surface area contributed by atoms with Gasteiger partial charge in [-0.25, -0.2) is 0 Å². The average molecular weight is 418 g/mol. The van der Waals surface area contributed by atoms with Gasteiger partial charge in [0.1, 0.15) is 0 Å². The summed E-state index contributed by atoms with van der Waals surface area (Å²) in [6.07, 6.45) is 0. The number of rotatable bonds is 5. The minimum Gasteiger partial charge on any atom is -0.545 e. The number of carboxylic acid groups (broad SMARTS) is 4. The summed E-state index contributed by atoms with van der Waals surface area (Å²) in [4.78, 5) is 45.1. The van der Waals surface area contributed by atoms with Gasteiger partial charge in [-0.05, 0) is 11.6 Å². The van der Waals surface area contributed by atoms with Crippen LogP contribution in [-0.4, -0.2) is 23.9 Å². The van der Waals surface area contributed by atoms with Gasteiger partial charge in [-0.3, -0.25) is 0 Å². The van der Waals surface area contributed by atoms with Crippen LogP contribution in [0.15, 0.2) is 36.4 Å². The Hall–Kier alpha value is 0.320. The molecule has 0 aliphatic carbocycles. The van der Waals surface area contributed by atoms with Crippen molar-refractivity contribution < 1.29 is 158 Å². The maximum atomic E-state index is 11.4. The summed E-state index contributed by atoms with van der Waals surface area (Å²) < 4.78 is 0. The van der Waals surface area contributed by atoms with Crippen LogP contribution in [0.1, 0.15) is 41.4 Å². The zero-order valence-electron chi connectivity index (χ0n) is 15.7. The summed E-state index contributed by atoms with van der Waals surface area (Å²) in [5.41, 5.74) is -4.90.